The Bertz CT molecular complexity index is 1090. The number of benzene rings is 2. The first kappa shape index (κ1) is 21.0. The Kier molecular flexibility index (Phi) is 6.66. The van der Waals surface area contributed by atoms with Gasteiger partial charge in [-0.2, -0.15) is 0 Å². The minimum Gasteiger partial charge on any atom is -0.382 e. The molecule has 0 saturated heterocycles. The topological polar surface area (TPSA) is 77.4 Å². The van der Waals surface area contributed by atoms with Crippen LogP contribution in [0.5, 0.6) is 0 Å². The molecule has 3 aromatic rings. The maximum Gasteiger partial charge on any atom is 0.239 e. The minimum absolute atomic E-state index is 0.00202. The maximum atomic E-state index is 13.2. The summed E-state index contributed by atoms with van der Waals surface area (Å²) in [5.41, 5.74) is 0.637. The Morgan fingerprint density at radius 2 is 1.86 bits per heavy atom. The van der Waals surface area contributed by atoms with Crippen LogP contribution in [0.25, 0.3) is 10.9 Å². The molecule has 1 N–H and O–H groups in total. The lowest BCUT2D eigenvalue weighted by atomic mass is 10.2. The van der Waals surface area contributed by atoms with E-state index >= 15 is 0 Å². The quantitative estimate of drug-likeness (QED) is 0.428. The fourth-order valence-corrected chi connectivity index (χ4v) is 4.53. The second-order valence-corrected chi connectivity index (χ2v) is 8.41. The van der Waals surface area contributed by atoms with Crippen LogP contribution in [0, 0.1) is 5.82 Å². The van der Waals surface area contributed by atoms with Gasteiger partial charge < -0.3 is 14.6 Å². The van der Waals surface area contributed by atoms with Crippen molar-refractivity contribution in [2.45, 2.75) is 29.7 Å². The van der Waals surface area contributed by atoms with Gasteiger partial charge in [0.1, 0.15) is 12.4 Å². The van der Waals surface area contributed by atoms with Gasteiger partial charge in [-0.1, -0.05) is 18.2 Å². The van der Waals surface area contributed by atoms with Crippen molar-refractivity contribution < 1.29 is 22.3 Å². The third-order valence-corrected chi connectivity index (χ3v) is 6.27. The first-order valence-electron chi connectivity index (χ1n) is 9.36. The molecule has 1 aromatic heterocycles. The van der Waals surface area contributed by atoms with Gasteiger partial charge in [0.15, 0.2) is 0 Å². The van der Waals surface area contributed by atoms with Crippen LogP contribution < -0.4 is 5.32 Å². The number of aromatic nitrogens is 1. The highest BCUT2D eigenvalue weighted by Gasteiger charge is 2.23. The van der Waals surface area contributed by atoms with E-state index in [1.807, 2.05) is 6.92 Å². The zero-order chi connectivity index (χ0) is 20.9. The molecule has 0 saturated carbocycles. The predicted molar refractivity (Wildman–Crippen MR) is 108 cm³/mol. The molecule has 8 heteroatoms. The Morgan fingerprint density at radius 1 is 1.14 bits per heavy atom. The van der Waals surface area contributed by atoms with Gasteiger partial charge in [-0.05, 0) is 43.7 Å². The number of fused-ring (bicyclic) bond motifs is 1. The number of sulfone groups is 1. The Morgan fingerprint density at radius 3 is 2.59 bits per heavy atom. The average molecular weight is 418 g/mol. The number of rotatable bonds is 9. The fourth-order valence-electron chi connectivity index (χ4n) is 3.06. The largest absolute Gasteiger partial charge is 0.382 e. The molecule has 0 radical (unpaired) electrons. The van der Waals surface area contributed by atoms with Crippen LogP contribution in [0.15, 0.2) is 64.5 Å². The molecule has 0 fully saturated rings. The molecule has 6 nitrogen and oxygen atoms in total. The summed E-state index contributed by atoms with van der Waals surface area (Å²) in [6.07, 6.45) is 2.17. The second-order valence-electron chi connectivity index (χ2n) is 6.50. The number of nitrogens with one attached hydrogen (secondary N) is 1. The first-order chi connectivity index (χ1) is 13.9. The zero-order valence-electron chi connectivity index (χ0n) is 16.1. The highest BCUT2D eigenvalue weighted by atomic mass is 32.2. The third-order valence-electron chi connectivity index (χ3n) is 4.47. The van der Waals surface area contributed by atoms with E-state index in [1.165, 1.54) is 18.3 Å². The summed E-state index contributed by atoms with van der Waals surface area (Å²) in [4.78, 5) is 12.4. The highest BCUT2D eigenvalue weighted by molar-refractivity contribution is 7.91. The number of halogens is 1. The van der Waals surface area contributed by atoms with E-state index < -0.39 is 15.7 Å². The van der Waals surface area contributed by atoms with Crippen molar-refractivity contribution in [3.8, 4) is 0 Å². The monoisotopic (exact) mass is 418 g/mol. The second kappa shape index (κ2) is 9.19. The normalized spacial score (nSPS) is 11.7. The number of amides is 1. The Balaban J connectivity index is 1.86. The van der Waals surface area contributed by atoms with Gasteiger partial charge in [0.05, 0.1) is 9.79 Å². The van der Waals surface area contributed by atoms with Crippen molar-refractivity contribution in [1.29, 1.82) is 0 Å². The minimum atomic E-state index is -3.86. The number of ether oxygens (including phenoxy) is 1. The molecular weight excluding hydrogens is 395 g/mol. The molecule has 29 heavy (non-hydrogen) atoms. The molecule has 0 aliphatic rings. The Labute approximate surface area is 169 Å². The maximum absolute atomic E-state index is 13.2. The lowest BCUT2D eigenvalue weighted by Crippen LogP contribution is -2.28. The van der Waals surface area contributed by atoms with Crippen molar-refractivity contribution in [2.24, 2.45) is 0 Å². The van der Waals surface area contributed by atoms with Crippen LogP contribution in [0.4, 0.5) is 4.39 Å². The summed E-state index contributed by atoms with van der Waals surface area (Å²) in [7, 11) is -3.86. The third kappa shape index (κ3) is 4.83. The van der Waals surface area contributed by atoms with E-state index in [4.69, 9.17) is 4.74 Å². The van der Waals surface area contributed by atoms with Crippen molar-refractivity contribution in [3.05, 3.63) is 60.5 Å². The van der Waals surface area contributed by atoms with Crippen LogP contribution in [-0.4, -0.2) is 38.7 Å². The van der Waals surface area contributed by atoms with Gasteiger partial charge >= 0.3 is 0 Å². The molecular formula is C21H23FN2O4S. The summed E-state index contributed by atoms with van der Waals surface area (Å²) in [5.74, 6) is -0.722. The predicted octanol–water partition coefficient (Wildman–Crippen LogP) is 3.16. The zero-order valence-corrected chi connectivity index (χ0v) is 16.9. The van der Waals surface area contributed by atoms with E-state index in [0.717, 1.165) is 12.1 Å². The van der Waals surface area contributed by atoms with Crippen molar-refractivity contribution in [1.82, 2.24) is 9.88 Å². The Hall–Kier alpha value is -2.71. The van der Waals surface area contributed by atoms with Crippen LogP contribution in [0.2, 0.25) is 0 Å². The fraction of sp³-hybridized carbons (Fsp3) is 0.286. The van der Waals surface area contributed by atoms with Crippen LogP contribution >= 0.6 is 0 Å². The summed E-state index contributed by atoms with van der Waals surface area (Å²) >= 11 is 0. The number of carbonyl (C=O) groups excluding carboxylic acids is 1. The lowest BCUT2D eigenvalue weighted by molar-refractivity contribution is -0.121. The smallest absolute Gasteiger partial charge is 0.239 e. The molecule has 0 atom stereocenters. The van der Waals surface area contributed by atoms with E-state index in [0.29, 0.717) is 37.1 Å². The van der Waals surface area contributed by atoms with E-state index in [9.17, 15) is 17.6 Å². The van der Waals surface area contributed by atoms with Crippen LogP contribution in [0.3, 0.4) is 0 Å². The van der Waals surface area contributed by atoms with Crippen LogP contribution in [0.1, 0.15) is 13.3 Å². The highest BCUT2D eigenvalue weighted by Crippen LogP contribution is 2.30. The van der Waals surface area contributed by atoms with Crippen LogP contribution in [-0.2, 0) is 25.9 Å². The number of nitrogens with zero attached hydrogens (tertiary/aromatic N) is 1. The summed E-state index contributed by atoms with van der Waals surface area (Å²) < 4.78 is 46.2. The van der Waals surface area contributed by atoms with Crippen molar-refractivity contribution in [3.63, 3.8) is 0 Å². The summed E-state index contributed by atoms with van der Waals surface area (Å²) in [5, 5.41) is 3.32. The SMILES string of the molecule is CCOCCCNC(=O)Cn1cc(S(=O)(=O)c2ccc(F)cc2)c2ccccc21. The lowest BCUT2D eigenvalue weighted by Gasteiger charge is -2.07. The van der Waals surface area contributed by atoms with Gasteiger partial charge in [0.2, 0.25) is 15.7 Å². The molecule has 3 rings (SSSR count). The molecule has 0 spiro atoms. The van der Waals surface area contributed by atoms with Gasteiger partial charge in [-0.15, -0.1) is 0 Å². The molecule has 0 unspecified atom stereocenters. The first-order valence-corrected chi connectivity index (χ1v) is 10.8. The molecule has 1 amide bonds. The number of carbonyl (C=O) groups is 1. The number of hydrogen-bond acceptors (Lipinski definition) is 4. The van der Waals surface area contributed by atoms with Gasteiger partial charge in [0, 0.05) is 36.9 Å². The standard InChI is InChI=1S/C21H23FN2O4S/c1-2-28-13-5-12-23-21(25)15-24-14-20(18-6-3-4-7-19(18)24)29(26,27)17-10-8-16(22)9-11-17/h3-4,6-11,14H,2,5,12-13,15H2,1H3,(H,23,25). The number of para-hydroxylation sites is 1. The molecule has 0 aliphatic carbocycles. The number of hydrogen-bond donors (Lipinski definition) is 1. The average Bonchev–Trinajstić information content (AvgIpc) is 3.07. The summed E-state index contributed by atoms with van der Waals surface area (Å²) in [6.45, 7) is 3.60. The molecule has 1 heterocycles. The molecule has 0 aliphatic heterocycles. The van der Waals surface area contributed by atoms with Gasteiger partial charge in [0.25, 0.3) is 0 Å². The van der Waals surface area contributed by atoms with Crippen molar-refractivity contribution in [2.75, 3.05) is 19.8 Å². The van der Waals surface area contributed by atoms with E-state index in [2.05, 4.69) is 5.32 Å². The van der Waals surface area contributed by atoms with E-state index in [-0.39, 0.29) is 22.2 Å². The van der Waals surface area contributed by atoms with Gasteiger partial charge in [-0.3, -0.25) is 4.79 Å². The molecule has 154 valence electrons. The van der Waals surface area contributed by atoms with Crippen molar-refractivity contribution >= 4 is 26.6 Å². The van der Waals surface area contributed by atoms with Gasteiger partial charge in [-0.25, -0.2) is 12.8 Å². The molecule has 2 aromatic carbocycles. The summed E-state index contributed by atoms with van der Waals surface area (Å²) in [6, 6.07) is 11.7. The molecule has 0 bridgehead atoms. The van der Waals surface area contributed by atoms with E-state index in [1.54, 1.807) is 28.8 Å².